The van der Waals surface area contributed by atoms with Gasteiger partial charge in [-0.3, -0.25) is 0 Å². The van der Waals surface area contributed by atoms with E-state index in [1.54, 1.807) is 0 Å². The van der Waals surface area contributed by atoms with Crippen molar-refractivity contribution in [2.45, 2.75) is 13.2 Å². The summed E-state index contributed by atoms with van der Waals surface area (Å²) in [4.78, 5) is 0. The van der Waals surface area contributed by atoms with Crippen LogP contribution in [0.5, 0.6) is 0 Å². The number of aliphatic hydroxyl groups excluding tert-OH is 1. The van der Waals surface area contributed by atoms with E-state index < -0.39 is 0 Å². The fourth-order valence-corrected chi connectivity index (χ4v) is 2.14. The van der Waals surface area contributed by atoms with Crippen molar-refractivity contribution < 1.29 is 9.52 Å². The molecule has 3 aromatic rings. The van der Waals surface area contributed by atoms with Gasteiger partial charge in [0.15, 0.2) is 0 Å². The van der Waals surface area contributed by atoms with Gasteiger partial charge >= 0.3 is 0 Å². The summed E-state index contributed by atoms with van der Waals surface area (Å²) in [6.45, 7) is 0.634. The second kappa shape index (κ2) is 5.16. The first kappa shape index (κ1) is 11.8. The third kappa shape index (κ3) is 2.46. The lowest BCUT2D eigenvalue weighted by atomic mass is 10.2. The third-order valence-corrected chi connectivity index (χ3v) is 3.12. The monoisotopic (exact) mass is 253 g/mol. The van der Waals surface area contributed by atoms with E-state index in [2.05, 4.69) is 5.32 Å². The van der Waals surface area contributed by atoms with Crippen molar-refractivity contribution in [3.63, 3.8) is 0 Å². The Balaban J connectivity index is 1.78. The molecular formula is C16H15NO2. The first-order valence-electron chi connectivity index (χ1n) is 6.27. The molecule has 0 amide bonds. The van der Waals surface area contributed by atoms with Crippen molar-refractivity contribution in [1.82, 2.24) is 0 Å². The number of para-hydroxylation sites is 2. The van der Waals surface area contributed by atoms with E-state index in [9.17, 15) is 5.11 Å². The minimum absolute atomic E-state index is 0.0311. The molecule has 3 heteroatoms. The fourth-order valence-electron chi connectivity index (χ4n) is 2.14. The number of hydrogen-bond acceptors (Lipinski definition) is 3. The molecule has 2 aromatic carbocycles. The third-order valence-electron chi connectivity index (χ3n) is 3.12. The Morgan fingerprint density at radius 1 is 1.00 bits per heavy atom. The molecule has 3 rings (SSSR count). The van der Waals surface area contributed by atoms with E-state index in [0.29, 0.717) is 6.54 Å². The number of fused-ring (bicyclic) bond motifs is 1. The second-order valence-electron chi connectivity index (χ2n) is 4.42. The van der Waals surface area contributed by atoms with E-state index in [1.807, 2.05) is 54.6 Å². The summed E-state index contributed by atoms with van der Waals surface area (Å²) in [5, 5.41) is 13.7. The standard InChI is InChI=1S/C16H15NO2/c18-11-13-6-1-3-7-15(13)17-10-14-9-12-5-2-4-8-16(12)19-14/h1-9,17-18H,10-11H2. The zero-order valence-corrected chi connectivity index (χ0v) is 10.5. The van der Waals surface area contributed by atoms with Crippen molar-refractivity contribution in [3.05, 3.63) is 65.9 Å². The Bertz CT molecular complexity index is 655. The quantitative estimate of drug-likeness (QED) is 0.747. The van der Waals surface area contributed by atoms with Gasteiger partial charge in [-0.2, -0.15) is 0 Å². The first-order valence-corrected chi connectivity index (χ1v) is 6.27. The van der Waals surface area contributed by atoms with Crippen LogP contribution >= 0.6 is 0 Å². The number of hydrogen-bond donors (Lipinski definition) is 2. The van der Waals surface area contributed by atoms with E-state index in [1.165, 1.54) is 0 Å². The first-order chi connectivity index (χ1) is 9.36. The maximum absolute atomic E-state index is 9.27. The lowest BCUT2D eigenvalue weighted by Gasteiger charge is -2.08. The number of rotatable bonds is 4. The van der Waals surface area contributed by atoms with Gasteiger partial charge in [-0.15, -0.1) is 0 Å². The van der Waals surface area contributed by atoms with Crippen molar-refractivity contribution >= 4 is 16.7 Å². The highest BCUT2D eigenvalue weighted by Gasteiger charge is 2.04. The van der Waals surface area contributed by atoms with Crippen LogP contribution in [0.4, 0.5) is 5.69 Å². The lowest BCUT2D eigenvalue weighted by molar-refractivity contribution is 0.282. The van der Waals surface area contributed by atoms with Crippen LogP contribution in [0.3, 0.4) is 0 Å². The highest BCUT2D eigenvalue weighted by Crippen LogP contribution is 2.21. The smallest absolute Gasteiger partial charge is 0.134 e. The predicted molar refractivity (Wildman–Crippen MR) is 75.9 cm³/mol. The van der Waals surface area contributed by atoms with Crippen LogP contribution in [-0.2, 0) is 13.2 Å². The maximum atomic E-state index is 9.27. The molecule has 3 nitrogen and oxygen atoms in total. The van der Waals surface area contributed by atoms with Crippen molar-refractivity contribution in [1.29, 1.82) is 0 Å². The molecule has 0 bridgehead atoms. The zero-order chi connectivity index (χ0) is 13.1. The summed E-state index contributed by atoms with van der Waals surface area (Å²) < 4.78 is 5.74. The number of anilines is 1. The van der Waals surface area contributed by atoms with Crippen molar-refractivity contribution in [2.75, 3.05) is 5.32 Å². The van der Waals surface area contributed by atoms with Crippen LogP contribution in [0.25, 0.3) is 11.0 Å². The van der Waals surface area contributed by atoms with Gasteiger partial charge in [0.05, 0.1) is 13.2 Å². The predicted octanol–water partition coefficient (Wildman–Crippen LogP) is 3.54. The van der Waals surface area contributed by atoms with E-state index in [-0.39, 0.29) is 6.61 Å². The van der Waals surface area contributed by atoms with Gasteiger partial charge in [-0.1, -0.05) is 36.4 Å². The highest BCUT2D eigenvalue weighted by atomic mass is 16.3. The maximum Gasteiger partial charge on any atom is 0.134 e. The van der Waals surface area contributed by atoms with Crippen LogP contribution < -0.4 is 5.32 Å². The molecule has 0 aliphatic rings. The largest absolute Gasteiger partial charge is 0.459 e. The summed E-state index contributed by atoms with van der Waals surface area (Å²) in [5.74, 6) is 0.883. The number of aliphatic hydroxyl groups is 1. The van der Waals surface area contributed by atoms with Gasteiger partial charge in [-0.05, 0) is 18.2 Å². The minimum atomic E-state index is 0.0311. The summed E-state index contributed by atoms with van der Waals surface area (Å²) in [6.07, 6.45) is 0. The Morgan fingerprint density at radius 2 is 1.79 bits per heavy atom. The van der Waals surface area contributed by atoms with E-state index in [4.69, 9.17) is 4.42 Å². The molecule has 0 spiro atoms. The summed E-state index contributed by atoms with van der Waals surface area (Å²) in [6, 6.07) is 17.7. The van der Waals surface area contributed by atoms with E-state index in [0.717, 1.165) is 28.0 Å². The van der Waals surface area contributed by atoms with Crippen LogP contribution in [-0.4, -0.2) is 5.11 Å². The summed E-state index contributed by atoms with van der Waals surface area (Å²) in [5.41, 5.74) is 2.72. The van der Waals surface area contributed by atoms with Crippen LogP contribution in [0, 0.1) is 0 Å². The summed E-state index contributed by atoms with van der Waals surface area (Å²) >= 11 is 0. The van der Waals surface area contributed by atoms with Crippen molar-refractivity contribution in [2.24, 2.45) is 0 Å². The molecule has 0 radical (unpaired) electrons. The van der Waals surface area contributed by atoms with Crippen LogP contribution in [0.15, 0.2) is 59.0 Å². The molecule has 0 saturated carbocycles. The Hall–Kier alpha value is -2.26. The molecule has 2 N–H and O–H groups in total. The fraction of sp³-hybridized carbons (Fsp3) is 0.125. The Morgan fingerprint density at radius 3 is 2.63 bits per heavy atom. The summed E-state index contributed by atoms with van der Waals surface area (Å²) in [7, 11) is 0. The van der Waals surface area contributed by atoms with Gasteiger partial charge in [0.2, 0.25) is 0 Å². The van der Waals surface area contributed by atoms with Crippen LogP contribution in [0.1, 0.15) is 11.3 Å². The molecule has 0 unspecified atom stereocenters. The van der Waals surface area contributed by atoms with Gasteiger partial charge in [0.25, 0.3) is 0 Å². The molecule has 19 heavy (non-hydrogen) atoms. The number of furan rings is 1. The SMILES string of the molecule is OCc1ccccc1NCc1cc2ccccc2o1. The number of benzene rings is 2. The van der Waals surface area contributed by atoms with Gasteiger partial charge in [-0.25, -0.2) is 0 Å². The average molecular weight is 253 g/mol. The lowest BCUT2D eigenvalue weighted by Crippen LogP contribution is -2.01. The molecule has 0 saturated heterocycles. The average Bonchev–Trinajstić information content (AvgIpc) is 2.88. The number of nitrogens with one attached hydrogen (secondary N) is 1. The molecular weight excluding hydrogens is 238 g/mol. The Kier molecular flexibility index (Phi) is 3.21. The topological polar surface area (TPSA) is 45.4 Å². The van der Waals surface area contributed by atoms with E-state index >= 15 is 0 Å². The zero-order valence-electron chi connectivity index (χ0n) is 10.5. The normalized spacial score (nSPS) is 10.8. The van der Waals surface area contributed by atoms with Crippen molar-refractivity contribution in [3.8, 4) is 0 Å². The van der Waals surface area contributed by atoms with Gasteiger partial charge in [0, 0.05) is 16.6 Å². The molecule has 1 aromatic heterocycles. The molecule has 96 valence electrons. The minimum Gasteiger partial charge on any atom is -0.459 e. The van der Waals surface area contributed by atoms with Crippen LogP contribution in [0.2, 0.25) is 0 Å². The highest BCUT2D eigenvalue weighted by molar-refractivity contribution is 5.77. The van der Waals surface area contributed by atoms with Gasteiger partial charge < -0.3 is 14.8 Å². The molecule has 0 atom stereocenters. The molecule has 0 aliphatic heterocycles. The van der Waals surface area contributed by atoms with Gasteiger partial charge in [0.1, 0.15) is 11.3 Å². The Labute approximate surface area is 111 Å². The molecule has 0 fully saturated rings. The molecule has 0 aliphatic carbocycles. The second-order valence-corrected chi connectivity index (χ2v) is 4.42. The molecule has 1 heterocycles.